The molecule has 0 aromatic heterocycles. The molecule has 0 saturated carbocycles. The molecule has 0 unspecified atom stereocenters. The minimum atomic E-state index is -3.34. The van der Waals surface area contributed by atoms with E-state index in [9.17, 15) is 17.6 Å². The van der Waals surface area contributed by atoms with Gasteiger partial charge in [0.05, 0.1) is 13.2 Å². The maximum atomic E-state index is 15.2. The first-order valence-corrected chi connectivity index (χ1v) is 12.3. The largest absolute Gasteiger partial charge is 0.429 e. The molecule has 0 radical (unpaired) electrons. The van der Waals surface area contributed by atoms with Gasteiger partial charge in [0.2, 0.25) is 0 Å². The second-order valence-electron chi connectivity index (χ2n) is 8.98. The minimum absolute atomic E-state index is 0.106. The first kappa shape index (κ1) is 27.3. The average Bonchev–Trinajstić information content (AvgIpc) is 2.88. The number of benzene rings is 3. The highest BCUT2D eigenvalue weighted by Crippen LogP contribution is 2.30. The highest BCUT2D eigenvalue weighted by molar-refractivity contribution is 5.84. The van der Waals surface area contributed by atoms with E-state index >= 15 is 4.39 Å². The second kappa shape index (κ2) is 12.7. The van der Waals surface area contributed by atoms with Gasteiger partial charge in [-0.3, -0.25) is 0 Å². The molecule has 9 heteroatoms. The lowest BCUT2D eigenvalue weighted by Gasteiger charge is -2.29. The maximum absolute atomic E-state index is 15.2. The molecule has 1 aliphatic rings. The number of alkyl halides is 2. The van der Waals surface area contributed by atoms with Crippen molar-refractivity contribution in [3.63, 3.8) is 0 Å². The van der Waals surface area contributed by atoms with E-state index in [0.717, 1.165) is 37.0 Å². The maximum Gasteiger partial charge on any atom is 0.387 e. The fourth-order valence-corrected chi connectivity index (χ4v) is 4.31. The molecule has 1 aliphatic heterocycles. The summed E-state index contributed by atoms with van der Waals surface area (Å²) in [7, 11) is 0. The zero-order valence-electron chi connectivity index (χ0n) is 20.5. The summed E-state index contributed by atoms with van der Waals surface area (Å²) in [6.45, 7) is 0.299. The number of ether oxygens (including phenoxy) is 4. The summed E-state index contributed by atoms with van der Waals surface area (Å²) >= 11 is 0. The third-order valence-electron chi connectivity index (χ3n) is 6.25. The molecule has 0 aliphatic carbocycles. The highest BCUT2D eigenvalue weighted by atomic mass is 19.3. The molecule has 1 heterocycles. The normalized spacial score (nSPS) is 18.0. The van der Waals surface area contributed by atoms with Crippen molar-refractivity contribution in [1.82, 2.24) is 0 Å². The van der Waals surface area contributed by atoms with Crippen LogP contribution in [0, 0.1) is 17.5 Å². The first-order valence-electron chi connectivity index (χ1n) is 12.3. The molecule has 0 atom stereocenters. The van der Waals surface area contributed by atoms with Gasteiger partial charge < -0.3 is 18.9 Å². The molecule has 0 spiro atoms. The Balaban J connectivity index is 1.38. The number of aryl methyl sites for hydroxylation is 2. The number of hydrogen-bond donors (Lipinski definition) is 0. The van der Waals surface area contributed by atoms with E-state index in [2.05, 4.69) is 11.7 Å². The van der Waals surface area contributed by atoms with Crippen molar-refractivity contribution in [2.75, 3.05) is 19.8 Å². The van der Waals surface area contributed by atoms with Gasteiger partial charge in [0.1, 0.15) is 11.9 Å². The molecule has 37 heavy (non-hydrogen) atoms. The van der Waals surface area contributed by atoms with Crippen LogP contribution in [0.25, 0.3) is 10.8 Å². The molecular weight excluding hydrogens is 495 g/mol. The van der Waals surface area contributed by atoms with Crippen LogP contribution in [0.2, 0.25) is 0 Å². The van der Waals surface area contributed by atoms with E-state index in [1.807, 2.05) is 6.07 Å². The Kier molecular flexibility index (Phi) is 9.34. The summed E-state index contributed by atoms with van der Waals surface area (Å²) in [5, 5.41) is 1.06. The SMILES string of the molecule is CCCCCOC1COC(c2ccc3c(F)c(CCc4cc(F)c(OC(F)F)c(F)c4)ccc3c2)OC1. The Labute approximate surface area is 212 Å². The number of unbranched alkanes of at least 4 members (excludes halogenated alkanes) is 2. The van der Waals surface area contributed by atoms with Crippen molar-refractivity contribution in [2.24, 2.45) is 0 Å². The topological polar surface area (TPSA) is 36.9 Å². The van der Waals surface area contributed by atoms with Crippen molar-refractivity contribution >= 4 is 10.8 Å². The van der Waals surface area contributed by atoms with Gasteiger partial charge in [0.15, 0.2) is 23.7 Å². The zero-order valence-corrected chi connectivity index (χ0v) is 20.5. The van der Waals surface area contributed by atoms with Gasteiger partial charge in [-0.2, -0.15) is 8.78 Å². The lowest BCUT2D eigenvalue weighted by molar-refractivity contribution is -0.230. The number of rotatable bonds is 11. The Morgan fingerprint density at radius 1 is 0.919 bits per heavy atom. The molecule has 4 rings (SSSR count). The van der Waals surface area contributed by atoms with Crippen molar-refractivity contribution in [3.05, 3.63) is 76.6 Å². The molecule has 200 valence electrons. The zero-order chi connectivity index (χ0) is 26.4. The van der Waals surface area contributed by atoms with Crippen LogP contribution in [0.3, 0.4) is 0 Å². The smallest absolute Gasteiger partial charge is 0.387 e. The van der Waals surface area contributed by atoms with E-state index in [1.54, 1.807) is 24.3 Å². The third kappa shape index (κ3) is 6.97. The molecule has 0 amide bonds. The Bertz CT molecular complexity index is 1170. The van der Waals surface area contributed by atoms with Gasteiger partial charge in [-0.15, -0.1) is 0 Å². The lowest BCUT2D eigenvalue weighted by Crippen LogP contribution is -2.33. The summed E-state index contributed by atoms with van der Waals surface area (Å²) in [5.74, 6) is -4.03. The van der Waals surface area contributed by atoms with Crippen LogP contribution in [-0.2, 0) is 27.1 Å². The van der Waals surface area contributed by atoms with E-state index in [-0.39, 0.29) is 24.5 Å². The van der Waals surface area contributed by atoms with Crippen molar-refractivity contribution in [1.29, 1.82) is 0 Å². The summed E-state index contributed by atoms with van der Waals surface area (Å²) in [5.41, 5.74) is 1.33. The van der Waals surface area contributed by atoms with E-state index < -0.39 is 36.1 Å². The number of fused-ring (bicyclic) bond motifs is 1. The molecule has 0 bridgehead atoms. The molecule has 1 fully saturated rings. The lowest BCUT2D eigenvalue weighted by atomic mass is 9.98. The van der Waals surface area contributed by atoms with Gasteiger partial charge >= 0.3 is 6.61 Å². The van der Waals surface area contributed by atoms with Crippen LogP contribution in [0.5, 0.6) is 5.75 Å². The predicted octanol–water partition coefficient (Wildman–Crippen LogP) is 7.26. The molecule has 3 aromatic rings. The average molecular weight is 525 g/mol. The standard InChI is InChI=1S/C28H29F5O4/c1-2-3-4-11-34-21-15-35-27(36-16-21)20-9-10-22-19(14-20)8-7-18(25(22)31)6-5-17-12-23(29)26(24(30)13-17)37-28(32)33/h7-10,12-14,21,27-28H,2-6,11,15-16H2,1H3. The van der Waals surface area contributed by atoms with E-state index in [4.69, 9.17) is 14.2 Å². The highest BCUT2D eigenvalue weighted by Gasteiger charge is 2.24. The molecule has 0 N–H and O–H groups in total. The second-order valence-corrected chi connectivity index (χ2v) is 8.98. The number of halogens is 5. The van der Waals surface area contributed by atoms with Gasteiger partial charge in [-0.25, -0.2) is 13.2 Å². The first-order chi connectivity index (χ1) is 17.9. The van der Waals surface area contributed by atoms with Gasteiger partial charge in [-0.1, -0.05) is 44.0 Å². The quantitative estimate of drug-likeness (QED) is 0.195. The van der Waals surface area contributed by atoms with Crippen LogP contribution >= 0.6 is 0 Å². The fraction of sp³-hybridized carbons (Fsp3) is 0.429. The minimum Gasteiger partial charge on any atom is -0.429 e. The van der Waals surface area contributed by atoms with Gasteiger partial charge in [0.25, 0.3) is 0 Å². The fourth-order valence-electron chi connectivity index (χ4n) is 4.31. The molecule has 1 saturated heterocycles. The Morgan fingerprint density at radius 3 is 2.32 bits per heavy atom. The van der Waals surface area contributed by atoms with Crippen LogP contribution in [0.4, 0.5) is 22.0 Å². The van der Waals surface area contributed by atoms with Crippen LogP contribution in [0.15, 0.2) is 42.5 Å². The third-order valence-corrected chi connectivity index (χ3v) is 6.25. The molecular formula is C28H29F5O4. The summed E-state index contributed by atoms with van der Waals surface area (Å²) in [6.07, 6.45) is 2.84. The Morgan fingerprint density at radius 2 is 1.65 bits per heavy atom. The van der Waals surface area contributed by atoms with E-state index in [1.165, 1.54) is 0 Å². The Hall–Kier alpha value is -2.75. The van der Waals surface area contributed by atoms with Gasteiger partial charge in [0, 0.05) is 17.6 Å². The number of hydrogen-bond acceptors (Lipinski definition) is 4. The summed E-state index contributed by atoms with van der Waals surface area (Å²) in [6, 6.07) is 10.4. The van der Waals surface area contributed by atoms with Crippen molar-refractivity contribution in [2.45, 2.75) is 58.0 Å². The monoisotopic (exact) mass is 524 g/mol. The van der Waals surface area contributed by atoms with Crippen LogP contribution in [0.1, 0.15) is 49.2 Å². The van der Waals surface area contributed by atoms with Gasteiger partial charge in [-0.05, 0) is 54.0 Å². The van der Waals surface area contributed by atoms with Crippen LogP contribution < -0.4 is 4.74 Å². The predicted molar refractivity (Wildman–Crippen MR) is 128 cm³/mol. The van der Waals surface area contributed by atoms with Crippen LogP contribution in [-0.4, -0.2) is 32.5 Å². The summed E-state index contributed by atoms with van der Waals surface area (Å²) < 4.78 is 89.1. The van der Waals surface area contributed by atoms with Crippen molar-refractivity contribution < 1.29 is 40.9 Å². The molecule has 4 nitrogen and oxygen atoms in total. The van der Waals surface area contributed by atoms with E-state index in [0.29, 0.717) is 36.2 Å². The molecule has 3 aromatic carbocycles. The van der Waals surface area contributed by atoms with Crippen molar-refractivity contribution in [3.8, 4) is 5.75 Å². The summed E-state index contributed by atoms with van der Waals surface area (Å²) in [4.78, 5) is 0.